The van der Waals surface area contributed by atoms with Gasteiger partial charge in [-0.05, 0) is 78.7 Å². The first-order valence-electron chi connectivity index (χ1n) is 10.7. The van der Waals surface area contributed by atoms with Gasteiger partial charge in [0.15, 0.2) is 0 Å². The molecule has 1 amide bonds. The fourth-order valence-corrected chi connectivity index (χ4v) is 3.00. The Morgan fingerprint density at radius 3 is 2.24 bits per heavy atom. The van der Waals surface area contributed by atoms with Gasteiger partial charge in [-0.15, -0.1) is 0 Å². The number of anilines is 1. The Morgan fingerprint density at radius 1 is 0.971 bits per heavy atom. The van der Waals surface area contributed by atoms with E-state index in [2.05, 4.69) is 12.2 Å². The van der Waals surface area contributed by atoms with Crippen LogP contribution in [-0.2, 0) is 4.79 Å². The highest BCUT2D eigenvalue weighted by Crippen LogP contribution is 2.19. The molecule has 0 aliphatic carbocycles. The molecule has 0 bridgehead atoms. The summed E-state index contributed by atoms with van der Waals surface area (Å²) in [6.45, 7) is 2.73. The minimum Gasteiger partial charge on any atom is -0.494 e. The van der Waals surface area contributed by atoms with Gasteiger partial charge in [0.25, 0.3) is 5.91 Å². The summed E-state index contributed by atoms with van der Waals surface area (Å²) >= 11 is 5.85. The molecule has 7 heteroatoms. The summed E-state index contributed by atoms with van der Waals surface area (Å²) in [7, 11) is 0. The number of esters is 1. The summed E-state index contributed by atoms with van der Waals surface area (Å²) in [5.74, 6) is -0.162. The van der Waals surface area contributed by atoms with E-state index in [1.54, 1.807) is 48.5 Å². The van der Waals surface area contributed by atoms with Crippen LogP contribution in [0.5, 0.6) is 11.5 Å². The van der Waals surface area contributed by atoms with Crippen molar-refractivity contribution in [3.8, 4) is 17.6 Å². The van der Waals surface area contributed by atoms with E-state index in [-0.39, 0.29) is 17.2 Å². The first-order chi connectivity index (χ1) is 16.5. The molecule has 3 aromatic rings. The Morgan fingerprint density at radius 2 is 1.62 bits per heavy atom. The number of nitriles is 1. The monoisotopic (exact) mass is 474 g/mol. The van der Waals surface area contributed by atoms with Crippen molar-refractivity contribution in [2.24, 2.45) is 0 Å². The average Bonchev–Trinajstić information content (AvgIpc) is 2.85. The highest BCUT2D eigenvalue weighted by Gasteiger charge is 2.13. The molecular formula is C27H23ClN2O4. The normalized spacial score (nSPS) is 10.8. The van der Waals surface area contributed by atoms with Crippen LogP contribution < -0.4 is 14.8 Å². The van der Waals surface area contributed by atoms with Crippen molar-refractivity contribution in [2.45, 2.75) is 19.8 Å². The standard InChI is InChI=1S/C27H23ClN2O4/c1-2-3-16-33-24-12-4-19(5-13-24)17-21(18-29)27(32)34-25-14-6-20(7-15-25)26(31)30-23-10-8-22(28)9-11-23/h4-15,17H,2-3,16H2,1H3,(H,30,31)/b21-17+. The lowest BCUT2D eigenvalue weighted by atomic mass is 10.1. The van der Waals surface area contributed by atoms with E-state index in [4.69, 9.17) is 21.1 Å². The maximum atomic E-state index is 12.4. The van der Waals surface area contributed by atoms with Gasteiger partial charge in [0.2, 0.25) is 0 Å². The van der Waals surface area contributed by atoms with E-state index in [9.17, 15) is 14.9 Å². The minimum absolute atomic E-state index is 0.149. The van der Waals surface area contributed by atoms with Crippen molar-refractivity contribution in [1.82, 2.24) is 0 Å². The summed E-state index contributed by atoms with van der Waals surface area (Å²) in [6.07, 6.45) is 3.47. The van der Waals surface area contributed by atoms with Crippen molar-refractivity contribution < 1.29 is 19.1 Å². The van der Waals surface area contributed by atoms with Crippen molar-refractivity contribution in [2.75, 3.05) is 11.9 Å². The van der Waals surface area contributed by atoms with Gasteiger partial charge in [0.1, 0.15) is 23.1 Å². The van der Waals surface area contributed by atoms with Crippen molar-refractivity contribution in [3.05, 3.63) is 94.5 Å². The molecule has 1 N–H and O–H groups in total. The molecule has 3 aromatic carbocycles. The highest BCUT2D eigenvalue weighted by molar-refractivity contribution is 6.30. The first-order valence-corrected chi connectivity index (χ1v) is 11.1. The number of rotatable bonds is 9. The van der Waals surface area contributed by atoms with Gasteiger partial charge in [-0.3, -0.25) is 4.79 Å². The van der Waals surface area contributed by atoms with Gasteiger partial charge < -0.3 is 14.8 Å². The van der Waals surface area contributed by atoms with Gasteiger partial charge in [-0.25, -0.2) is 4.79 Å². The number of carbonyl (C=O) groups is 2. The number of carbonyl (C=O) groups excluding carboxylic acids is 2. The lowest BCUT2D eigenvalue weighted by molar-refractivity contribution is -0.129. The van der Waals surface area contributed by atoms with Gasteiger partial charge in [-0.2, -0.15) is 5.26 Å². The zero-order valence-electron chi connectivity index (χ0n) is 18.6. The van der Waals surface area contributed by atoms with Gasteiger partial charge in [0, 0.05) is 16.3 Å². The van der Waals surface area contributed by atoms with Crippen LogP contribution in [0.4, 0.5) is 5.69 Å². The molecule has 34 heavy (non-hydrogen) atoms. The molecule has 0 spiro atoms. The largest absolute Gasteiger partial charge is 0.494 e. The number of amides is 1. The Balaban J connectivity index is 1.60. The number of benzene rings is 3. The van der Waals surface area contributed by atoms with Crippen LogP contribution in [0.25, 0.3) is 6.08 Å². The molecular weight excluding hydrogens is 452 g/mol. The first kappa shape index (κ1) is 24.6. The maximum Gasteiger partial charge on any atom is 0.354 e. The summed E-state index contributed by atoms with van der Waals surface area (Å²) < 4.78 is 10.9. The van der Waals surface area contributed by atoms with E-state index in [1.165, 1.54) is 30.3 Å². The summed E-state index contributed by atoms with van der Waals surface area (Å²) in [5.41, 5.74) is 1.51. The quantitative estimate of drug-likeness (QED) is 0.129. The molecule has 6 nitrogen and oxygen atoms in total. The zero-order valence-corrected chi connectivity index (χ0v) is 19.3. The third kappa shape index (κ3) is 7.22. The number of halogens is 1. The molecule has 3 rings (SSSR count). The predicted molar refractivity (Wildman–Crippen MR) is 132 cm³/mol. The van der Waals surface area contributed by atoms with Crippen molar-refractivity contribution in [1.29, 1.82) is 5.26 Å². The van der Waals surface area contributed by atoms with E-state index >= 15 is 0 Å². The molecule has 0 aliphatic heterocycles. The lowest BCUT2D eigenvalue weighted by Crippen LogP contribution is -2.12. The highest BCUT2D eigenvalue weighted by atomic mass is 35.5. The minimum atomic E-state index is -0.788. The van der Waals surface area contributed by atoms with Crippen LogP contribution in [0.3, 0.4) is 0 Å². The van der Waals surface area contributed by atoms with Gasteiger partial charge in [-0.1, -0.05) is 37.1 Å². The summed E-state index contributed by atoms with van der Waals surface area (Å²) in [6, 6.07) is 21.8. The molecule has 0 aliphatic rings. The maximum absolute atomic E-state index is 12.4. The number of nitrogens with zero attached hydrogens (tertiary/aromatic N) is 1. The Labute approximate surface area is 203 Å². The number of hydrogen-bond donors (Lipinski definition) is 1. The van der Waals surface area contributed by atoms with E-state index in [0.29, 0.717) is 28.4 Å². The molecule has 0 unspecified atom stereocenters. The molecule has 0 heterocycles. The second kappa shape index (κ2) is 12.2. The predicted octanol–water partition coefficient (Wildman–Crippen LogP) is 6.28. The second-order valence-electron chi connectivity index (χ2n) is 7.32. The van der Waals surface area contributed by atoms with Crippen LogP contribution >= 0.6 is 11.6 Å². The molecule has 172 valence electrons. The second-order valence-corrected chi connectivity index (χ2v) is 7.75. The zero-order chi connectivity index (χ0) is 24.3. The SMILES string of the molecule is CCCCOc1ccc(/C=C(\C#N)C(=O)Oc2ccc(C(=O)Nc3ccc(Cl)cc3)cc2)cc1. The number of ether oxygens (including phenoxy) is 2. The van der Waals surface area contributed by atoms with Crippen molar-refractivity contribution in [3.63, 3.8) is 0 Å². The van der Waals surface area contributed by atoms with Crippen LogP contribution in [0, 0.1) is 11.3 Å². The van der Waals surface area contributed by atoms with Crippen LogP contribution in [-0.4, -0.2) is 18.5 Å². The summed E-state index contributed by atoms with van der Waals surface area (Å²) in [4.78, 5) is 24.8. The third-order valence-electron chi connectivity index (χ3n) is 4.73. The number of unbranched alkanes of at least 4 members (excludes halogenated alkanes) is 1. The molecule has 0 saturated heterocycles. The van der Waals surface area contributed by atoms with Gasteiger partial charge >= 0.3 is 5.97 Å². The van der Waals surface area contributed by atoms with E-state index in [1.807, 2.05) is 6.07 Å². The number of hydrogen-bond acceptors (Lipinski definition) is 5. The van der Waals surface area contributed by atoms with Gasteiger partial charge in [0.05, 0.1) is 6.61 Å². The fourth-order valence-electron chi connectivity index (χ4n) is 2.87. The average molecular weight is 475 g/mol. The molecule has 0 aromatic heterocycles. The van der Waals surface area contributed by atoms with Crippen LogP contribution in [0.1, 0.15) is 35.7 Å². The van der Waals surface area contributed by atoms with Crippen molar-refractivity contribution >= 4 is 35.2 Å². The third-order valence-corrected chi connectivity index (χ3v) is 4.98. The molecule has 0 radical (unpaired) electrons. The molecule has 0 saturated carbocycles. The molecule has 0 atom stereocenters. The Kier molecular flexibility index (Phi) is 8.84. The van der Waals surface area contributed by atoms with Crippen LogP contribution in [0.2, 0.25) is 5.02 Å². The van der Waals surface area contributed by atoms with E-state index < -0.39 is 5.97 Å². The number of nitrogens with one attached hydrogen (secondary N) is 1. The Hall–Kier alpha value is -4.08. The topological polar surface area (TPSA) is 88.4 Å². The lowest BCUT2D eigenvalue weighted by Gasteiger charge is -2.07. The summed E-state index contributed by atoms with van der Waals surface area (Å²) in [5, 5.41) is 12.7. The van der Waals surface area contributed by atoms with Crippen LogP contribution in [0.15, 0.2) is 78.4 Å². The van der Waals surface area contributed by atoms with E-state index in [0.717, 1.165) is 18.6 Å². The fraction of sp³-hybridized carbons (Fsp3) is 0.148. The smallest absolute Gasteiger partial charge is 0.354 e. The molecule has 0 fully saturated rings. The Bertz CT molecular complexity index is 1200.